The monoisotopic (exact) mass is 250 g/mol. The number of aliphatic imine (C=N–C) groups is 2. The molecule has 0 aromatic carbocycles. The molecule has 2 rings (SSSR count). The molecule has 1 N–H and O–H groups in total. The Morgan fingerprint density at radius 2 is 2.33 bits per heavy atom. The van der Waals surface area contributed by atoms with E-state index >= 15 is 0 Å². The van der Waals surface area contributed by atoms with Crippen LogP contribution in [0.15, 0.2) is 22.1 Å². The highest BCUT2D eigenvalue weighted by molar-refractivity contribution is 6.34. The molecule has 0 bridgehead atoms. The molecule has 0 saturated heterocycles. The Labute approximate surface area is 106 Å². The molecule has 5 nitrogen and oxygen atoms in total. The second-order valence-electron chi connectivity index (χ2n) is 4.98. The maximum atomic E-state index is 11.3. The number of nitrogens with zero attached hydrogens (tertiary/aromatic N) is 2. The van der Waals surface area contributed by atoms with Gasteiger partial charge in [0.15, 0.2) is 6.29 Å². The minimum absolute atomic E-state index is 0.183. The van der Waals surface area contributed by atoms with Gasteiger partial charge in [0.2, 0.25) is 5.90 Å². The van der Waals surface area contributed by atoms with E-state index in [-0.39, 0.29) is 12.0 Å². The fourth-order valence-electron chi connectivity index (χ4n) is 2.39. The number of carbonyl (C=O) groups excluding carboxylic acids is 1. The zero-order valence-corrected chi connectivity index (χ0v) is 10.8. The molecular weight excluding hydrogens is 232 g/mol. The lowest BCUT2D eigenvalue weighted by molar-refractivity contribution is -0.103. The summed E-state index contributed by atoms with van der Waals surface area (Å²) in [5.41, 5.74) is -0.669. The molecular formula is C13H18N2O3. The van der Waals surface area contributed by atoms with Crippen LogP contribution in [0.2, 0.25) is 0 Å². The molecule has 0 saturated carbocycles. The lowest BCUT2D eigenvalue weighted by Gasteiger charge is -2.34. The molecule has 3 atom stereocenters. The zero-order chi connectivity index (χ0) is 13.3. The minimum Gasteiger partial charge on any atom is -0.483 e. The normalized spacial score (nSPS) is 34.7. The smallest absolute Gasteiger partial charge is 0.209 e. The molecule has 1 aliphatic heterocycles. The summed E-state index contributed by atoms with van der Waals surface area (Å²) in [6.45, 7) is 3.99. The first-order chi connectivity index (χ1) is 8.55. The summed E-state index contributed by atoms with van der Waals surface area (Å²) >= 11 is 0. The first-order valence-corrected chi connectivity index (χ1v) is 6.07. The second kappa shape index (κ2) is 4.65. The molecule has 1 spiro atoms. The molecule has 0 amide bonds. The molecule has 1 unspecified atom stereocenters. The van der Waals surface area contributed by atoms with Crippen molar-refractivity contribution in [3.05, 3.63) is 12.2 Å². The average molecular weight is 250 g/mol. The highest BCUT2D eigenvalue weighted by atomic mass is 16.5. The van der Waals surface area contributed by atoms with Crippen molar-refractivity contribution in [2.75, 3.05) is 7.11 Å². The third kappa shape index (κ3) is 1.79. The third-order valence-corrected chi connectivity index (χ3v) is 3.47. The fourth-order valence-corrected chi connectivity index (χ4v) is 2.39. The van der Waals surface area contributed by atoms with Gasteiger partial charge in [-0.3, -0.25) is 9.79 Å². The predicted octanol–water partition coefficient (Wildman–Crippen LogP) is 0.769. The molecule has 1 heterocycles. The number of hydrogen-bond acceptors (Lipinski definition) is 5. The van der Waals surface area contributed by atoms with Crippen molar-refractivity contribution >= 4 is 17.9 Å². The van der Waals surface area contributed by atoms with Gasteiger partial charge in [-0.2, -0.15) is 0 Å². The number of hydrogen-bond donors (Lipinski definition) is 1. The standard InChI is InChI=1S/C13H18N2O3/c1-8(2)11-12(18-3)15-13(9(7-16)14-11)6-4-5-10(13)17/h4-5,7-8,10-11,17H,6H2,1-3H3/t10-,11-,13?/m1/s1. The van der Waals surface area contributed by atoms with Gasteiger partial charge in [-0.15, -0.1) is 0 Å². The number of aliphatic hydroxyl groups excluding tert-OH is 1. The quantitative estimate of drug-likeness (QED) is 0.581. The van der Waals surface area contributed by atoms with Crippen molar-refractivity contribution in [1.82, 2.24) is 0 Å². The molecule has 2 aliphatic rings. The van der Waals surface area contributed by atoms with Gasteiger partial charge in [-0.05, 0) is 12.3 Å². The lowest BCUT2D eigenvalue weighted by Crippen LogP contribution is -2.51. The van der Waals surface area contributed by atoms with Crippen LogP contribution in [-0.2, 0) is 9.53 Å². The lowest BCUT2D eigenvalue weighted by atomic mass is 9.86. The van der Waals surface area contributed by atoms with Crippen LogP contribution < -0.4 is 0 Å². The van der Waals surface area contributed by atoms with Crippen molar-refractivity contribution in [3.63, 3.8) is 0 Å². The fraction of sp³-hybridized carbons (Fsp3) is 0.615. The number of rotatable bonds is 2. The summed E-state index contributed by atoms with van der Waals surface area (Å²) in [6, 6.07) is -0.256. The van der Waals surface area contributed by atoms with E-state index in [0.29, 0.717) is 24.3 Å². The Morgan fingerprint density at radius 1 is 1.61 bits per heavy atom. The van der Waals surface area contributed by atoms with Gasteiger partial charge >= 0.3 is 0 Å². The van der Waals surface area contributed by atoms with Crippen LogP contribution in [0.1, 0.15) is 20.3 Å². The van der Waals surface area contributed by atoms with Gasteiger partial charge in [-0.25, -0.2) is 4.99 Å². The van der Waals surface area contributed by atoms with E-state index in [1.165, 1.54) is 7.11 Å². The SMILES string of the molecule is COC1=NC2(CC=C[C@H]2O)C(C=O)=N[C@@H]1C(C)C. The summed E-state index contributed by atoms with van der Waals surface area (Å²) < 4.78 is 5.28. The molecule has 5 heteroatoms. The van der Waals surface area contributed by atoms with E-state index in [1.807, 2.05) is 19.9 Å². The summed E-state index contributed by atoms with van der Waals surface area (Å²) in [5, 5.41) is 10.1. The Kier molecular flexibility index (Phi) is 3.34. The Hall–Kier alpha value is -1.49. The van der Waals surface area contributed by atoms with E-state index in [9.17, 15) is 9.90 Å². The Bertz CT molecular complexity index is 440. The number of methoxy groups -OCH3 is 1. The molecule has 0 radical (unpaired) electrons. The number of carbonyl (C=O) groups is 1. The maximum absolute atomic E-state index is 11.3. The molecule has 0 fully saturated rings. The van der Waals surface area contributed by atoms with E-state index in [1.54, 1.807) is 6.08 Å². The van der Waals surface area contributed by atoms with Gasteiger partial charge in [0.05, 0.1) is 7.11 Å². The third-order valence-electron chi connectivity index (χ3n) is 3.47. The molecule has 1 aliphatic carbocycles. The van der Waals surface area contributed by atoms with Gasteiger partial charge in [0, 0.05) is 0 Å². The maximum Gasteiger partial charge on any atom is 0.209 e. The van der Waals surface area contributed by atoms with Gasteiger partial charge in [-0.1, -0.05) is 26.0 Å². The van der Waals surface area contributed by atoms with Crippen LogP contribution in [-0.4, -0.2) is 47.8 Å². The Balaban J connectivity index is 2.47. The summed E-state index contributed by atoms with van der Waals surface area (Å²) in [7, 11) is 1.54. The first kappa shape index (κ1) is 13.0. The number of aliphatic hydroxyl groups is 1. The van der Waals surface area contributed by atoms with Crippen molar-refractivity contribution in [2.24, 2.45) is 15.9 Å². The second-order valence-corrected chi connectivity index (χ2v) is 4.98. The number of aldehydes is 1. The van der Waals surface area contributed by atoms with Gasteiger partial charge < -0.3 is 9.84 Å². The van der Waals surface area contributed by atoms with Crippen LogP contribution in [0.4, 0.5) is 0 Å². The largest absolute Gasteiger partial charge is 0.483 e. The van der Waals surface area contributed by atoms with Gasteiger partial charge in [0.25, 0.3) is 0 Å². The number of ether oxygens (including phenoxy) is 1. The van der Waals surface area contributed by atoms with E-state index in [4.69, 9.17) is 4.74 Å². The highest BCUT2D eigenvalue weighted by Gasteiger charge is 2.48. The van der Waals surface area contributed by atoms with Crippen LogP contribution in [0, 0.1) is 5.92 Å². The minimum atomic E-state index is -0.974. The summed E-state index contributed by atoms with van der Waals surface area (Å²) in [4.78, 5) is 20.2. The van der Waals surface area contributed by atoms with Crippen molar-refractivity contribution in [1.29, 1.82) is 0 Å². The van der Waals surface area contributed by atoms with Crippen molar-refractivity contribution in [3.8, 4) is 0 Å². The van der Waals surface area contributed by atoms with E-state index < -0.39 is 11.6 Å². The van der Waals surface area contributed by atoms with Crippen LogP contribution in [0.25, 0.3) is 0 Å². The molecule has 98 valence electrons. The molecule has 0 aromatic rings. The van der Waals surface area contributed by atoms with E-state index in [0.717, 1.165) is 0 Å². The predicted molar refractivity (Wildman–Crippen MR) is 69.1 cm³/mol. The van der Waals surface area contributed by atoms with E-state index in [2.05, 4.69) is 9.98 Å². The molecule has 18 heavy (non-hydrogen) atoms. The molecule has 0 aromatic heterocycles. The highest BCUT2D eigenvalue weighted by Crippen LogP contribution is 2.34. The average Bonchev–Trinajstić information content (AvgIpc) is 2.70. The Morgan fingerprint density at radius 3 is 2.78 bits per heavy atom. The van der Waals surface area contributed by atoms with Gasteiger partial charge in [0.1, 0.15) is 23.4 Å². The summed E-state index contributed by atoms with van der Waals surface area (Å²) in [5.74, 6) is 0.667. The van der Waals surface area contributed by atoms with Crippen molar-refractivity contribution < 1.29 is 14.6 Å². The van der Waals surface area contributed by atoms with Crippen LogP contribution in [0.5, 0.6) is 0 Å². The first-order valence-electron chi connectivity index (χ1n) is 6.07. The summed E-state index contributed by atoms with van der Waals surface area (Å²) in [6.07, 6.45) is 3.81. The van der Waals surface area contributed by atoms with Crippen LogP contribution in [0.3, 0.4) is 0 Å². The van der Waals surface area contributed by atoms with Crippen molar-refractivity contribution in [2.45, 2.75) is 38.0 Å². The topological polar surface area (TPSA) is 71.2 Å². The zero-order valence-electron chi connectivity index (χ0n) is 10.8. The van der Waals surface area contributed by atoms with Crippen LogP contribution >= 0.6 is 0 Å².